The third kappa shape index (κ3) is 4.78. The van der Waals surface area contributed by atoms with Crippen molar-refractivity contribution in [2.45, 2.75) is 24.3 Å². The molecule has 1 aliphatic rings. The van der Waals surface area contributed by atoms with Crippen molar-refractivity contribution in [2.75, 3.05) is 0 Å². The summed E-state index contributed by atoms with van der Waals surface area (Å²) in [5.41, 5.74) is 5.01. The molecule has 2 heterocycles. The molecule has 0 saturated heterocycles. The quantitative estimate of drug-likeness (QED) is 0.491. The molecule has 0 amide bonds. The molecule has 1 atom stereocenters. The van der Waals surface area contributed by atoms with E-state index in [0.29, 0.717) is 22.5 Å². The summed E-state index contributed by atoms with van der Waals surface area (Å²) >= 11 is 0. The molecule has 8 nitrogen and oxygen atoms in total. The van der Waals surface area contributed by atoms with Gasteiger partial charge in [0.15, 0.2) is 5.54 Å². The number of halogens is 6. The number of rotatable bonds is 2. The number of hydrogen-bond donors (Lipinski definition) is 3. The molecule has 0 aliphatic carbocycles. The van der Waals surface area contributed by atoms with E-state index >= 15 is 0 Å². The number of H-pyrrole nitrogens is 1. The first-order valence-corrected chi connectivity index (χ1v) is 9.00. The SMILES string of the molecule is NC1=NC(c2ccccc2)(C(F)(F)F)Cc2cc(-c3nn[nH]n3)ccc21.O=C(O)C(F)(F)F. The van der Waals surface area contributed by atoms with Crippen LogP contribution in [0.3, 0.4) is 0 Å². The lowest BCUT2D eigenvalue weighted by molar-refractivity contribution is -0.192. The Hall–Kier alpha value is -3.97. The number of nitrogens with zero attached hydrogens (tertiary/aromatic N) is 4. The fourth-order valence-corrected chi connectivity index (χ4v) is 3.20. The number of aliphatic carboxylic acids is 1. The number of tetrazole rings is 1. The third-order valence-corrected chi connectivity index (χ3v) is 4.71. The highest BCUT2D eigenvalue weighted by Crippen LogP contribution is 2.47. The Bertz CT molecular complexity index is 1160. The minimum Gasteiger partial charge on any atom is -0.475 e. The normalized spacial score (nSPS) is 17.9. The maximum absolute atomic E-state index is 14.1. The number of amidine groups is 1. The Labute approximate surface area is 181 Å². The molecule has 4 rings (SSSR count). The van der Waals surface area contributed by atoms with Crippen LogP contribution >= 0.6 is 0 Å². The number of hydrogen-bond acceptors (Lipinski definition) is 6. The van der Waals surface area contributed by atoms with Gasteiger partial charge in [-0.15, -0.1) is 10.2 Å². The average molecular weight is 472 g/mol. The lowest BCUT2D eigenvalue weighted by atomic mass is 9.79. The first-order valence-electron chi connectivity index (χ1n) is 9.00. The van der Waals surface area contributed by atoms with Crippen molar-refractivity contribution in [2.24, 2.45) is 10.7 Å². The highest BCUT2D eigenvalue weighted by Gasteiger charge is 2.57. The number of nitrogens with one attached hydrogen (secondary N) is 1. The number of aromatic nitrogens is 4. The van der Waals surface area contributed by atoms with Gasteiger partial charge in [-0.25, -0.2) is 9.79 Å². The minimum absolute atomic E-state index is 0.0473. The number of aliphatic imine (C=N–C) groups is 1. The number of fused-ring (bicyclic) bond motifs is 1. The molecule has 0 saturated carbocycles. The summed E-state index contributed by atoms with van der Waals surface area (Å²) in [6.45, 7) is 0. The van der Waals surface area contributed by atoms with Gasteiger partial charge in [0.05, 0.1) is 0 Å². The summed E-state index contributed by atoms with van der Waals surface area (Å²) in [5, 5.41) is 20.7. The van der Waals surface area contributed by atoms with Gasteiger partial charge in [-0.1, -0.05) is 42.5 Å². The van der Waals surface area contributed by atoms with Crippen LogP contribution in [0.25, 0.3) is 11.4 Å². The van der Waals surface area contributed by atoms with E-state index in [1.807, 2.05) is 0 Å². The van der Waals surface area contributed by atoms with Crippen molar-refractivity contribution in [3.05, 3.63) is 65.2 Å². The smallest absolute Gasteiger partial charge is 0.475 e. The molecule has 0 spiro atoms. The molecule has 33 heavy (non-hydrogen) atoms. The van der Waals surface area contributed by atoms with Crippen LogP contribution in [0.2, 0.25) is 0 Å². The molecule has 1 aromatic heterocycles. The van der Waals surface area contributed by atoms with E-state index in [9.17, 15) is 26.3 Å². The lowest BCUT2D eigenvalue weighted by Gasteiger charge is -2.36. The Morgan fingerprint density at radius 1 is 1.06 bits per heavy atom. The van der Waals surface area contributed by atoms with Gasteiger partial charge in [0.2, 0.25) is 5.82 Å². The maximum atomic E-state index is 14.1. The van der Waals surface area contributed by atoms with E-state index in [1.165, 1.54) is 12.1 Å². The molecule has 1 unspecified atom stereocenters. The zero-order valence-electron chi connectivity index (χ0n) is 16.3. The van der Waals surface area contributed by atoms with Crippen molar-refractivity contribution in [1.82, 2.24) is 20.6 Å². The molecule has 3 aromatic rings. The molecule has 2 aromatic carbocycles. The summed E-state index contributed by atoms with van der Waals surface area (Å²) in [6, 6.07) is 12.5. The molecule has 0 fully saturated rings. The van der Waals surface area contributed by atoms with Gasteiger partial charge in [-0.2, -0.15) is 31.6 Å². The van der Waals surface area contributed by atoms with Gasteiger partial charge in [-0.05, 0) is 22.4 Å². The number of carboxylic acid groups (broad SMARTS) is 1. The predicted octanol–water partition coefficient (Wildman–Crippen LogP) is 3.22. The summed E-state index contributed by atoms with van der Waals surface area (Å²) in [6.07, 6.45) is -10.1. The van der Waals surface area contributed by atoms with Crippen LogP contribution in [0, 0.1) is 0 Å². The predicted molar refractivity (Wildman–Crippen MR) is 102 cm³/mol. The maximum Gasteiger partial charge on any atom is 0.490 e. The molecule has 1 aliphatic heterocycles. The topological polar surface area (TPSA) is 130 Å². The van der Waals surface area contributed by atoms with Gasteiger partial charge in [-0.3, -0.25) is 0 Å². The molecular formula is C19H14F6N6O2. The van der Waals surface area contributed by atoms with Crippen LogP contribution in [0.5, 0.6) is 0 Å². The van der Waals surface area contributed by atoms with Gasteiger partial charge >= 0.3 is 18.3 Å². The molecule has 14 heteroatoms. The number of alkyl halides is 6. The summed E-state index contributed by atoms with van der Waals surface area (Å²) in [7, 11) is 0. The minimum atomic E-state index is -5.08. The zero-order valence-corrected chi connectivity index (χ0v) is 16.3. The zero-order chi connectivity index (χ0) is 24.4. The van der Waals surface area contributed by atoms with Crippen LogP contribution in [-0.4, -0.2) is 49.9 Å². The molecule has 4 N–H and O–H groups in total. The first kappa shape index (κ1) is 23.7. The van der Waals surface area contributed by atoms with E-state index in [2.05, 4.69) is 25.6 Å². The number of carboxylic acids is 1. The largest absolute Gasteiger partial charge is 0.490 e. The van der Waals surface area contributed by atoms with Crippen LogP contribution in [0.4, 0.5) is 26.3 Å². The molecular weight excluding hydrogens is 458 g/mol. The van der Waals surface area contributed by atoms with Crippen LogP contribution < -0.4 is 5.73 Å². The fourth-order valence-electron chi connectivity index (χ4n) is 3.20. The van der Waals surface area contributed by atoms with Gasteiger partial charge < -0.3 is 10.8 Å². The average Bonchev–Trinajstić information content (AvgIpc) is 3.28. The van der Waals surface area contributed by atoms with Gasteiger partial charge in [0, 0.05) is 17.5 Å². The van der Waals surface area contributed by atoms with E-state index in [4.69, 9.17) is 15.6 Å². The van der Waals surface area contributed by atoms with Crippen LogP contribution in [0.15, 0.2) is 53.5 Å². The second-order valence-electron chi connectivity index (χ2n) is 6.81. The lowest BCUT2D eigenvalue weighted by Crippen LogP contribution is -2.47. The second-order valence-corrected chi connectivity index (χ2v) is 6.81. The Kier molecular flexibility index (Phi) is 6.12. The number of aromatic amines is 1. The van der Waals surface area contributed by atoms with E-state index < -0.39 is 23.9 Å². The van der Waals surface area contributed by atoms with E-state index in [1.54, 1.807) is 36.4 Å². The van der Waals surface area contributed by atoms with Crippen molar-refractivity contribution >= 4 is 11.8 Å². The van der Waals surface area contributed by atoms with Crippen LogP contribution in [0.1, 0.15) is 16.7 Å². The molecule has 0 radical (unpaired) electrons. The van der Waals surface area contributed by atoms with Crippen molar-refractivity contribution in [3.63, 3.8) is 0 Å². The second kappa shape index (κ2) is 8.52. The van der Waals surface area contributed by atoms with Crippen molar-refractivity contribution in [1.29, 1.82) is 0 Å². The monoisotopic (exact) mass is 472 g/mol. The summed E-state index contributed by atoms with van der Waals surface area (Å²) < 4.78 is 74.1. The van der Waals surface area contributed by atoms with Crippen molar-refractivity contribution in [3.8, 4) is 11.4 Å². The third-order valence-electron chi connectivity index (χ3n) is 4.71. The van der Waals surface area contributed by atoms with Crippen LogP contribution in [-0.2, 0) is 16.8 Å². The highest BCUT2D eigenvalue weighted by molar-refractivity contribution is 6.00. The first-order chi connectivity index (χ1) is 15.3. The number of benzene rings is 2. The van der Waals surface area contributed by atoms with Gasteiger partial charge in [0.25, 0.3) is 0 Å². The standard InChI is InChI=1S/C17H13F3N6.C2HF3O2/c18-17(19,20)16(12-4-2-1-3-5-12)9-11-8-10(15-23-25-26-24-15)6-7-13(11)14(21)22-16;3-2(4,5)1(6)7/h1-8H,9H2,(H2,21,22)(H,23,24,25,26);(H,6,7). The van der Waals surface area contributed by atoms with E-state index in [0.717, 1.165) is 0 Å². The number of nitrogens with two attached hydrogens (primary N) is 1. The highest BCUT2D eigenvalue weighted by atomic mass is 19.4. The molecule has 0 bridgehead atoms. The molecule has 174 valence electrons. The Balaban J connectivity index is 0.000000383. The number of carbonyl (C=O) groups is 1. The van der Waals surface area contributed by atoms with Crippen molar-refractivity contribution < 1.29 is 36.2 Å². The Morgan fingerprint density at radius 2 is 1.70 bits per heavy atom. The van der Waals surface area contributed by atoms with Gasteiger partial charge in [0.1, 0.15) is 5.84 Å². The van der Waals surface area contributed by atoms with E-state index in [-0.39, 0.29) is 17.8 Å². The Morgan fingerprint density at radius 3 is 2.21 bits per heavy atom. The summed E-state index contributed by atoms with van der Waals surface area (Å²) in [4.78, 5) is 12.8. The fraction of sp³-hybridized carbons (Fsp3) is 0.211. The summed E-state index contributed by atoms with van der Waals surface area (Å²) in [5.74, 6) is -2.61.